The highest BCUT2D eigenvalue weighted by Crippen LogP contribution is 2.36. The molecule has 1 atom stereocenters. The number of benzene rings is 2. The molecule has 0 saturated carbocycles. The molecule has 0 saturated heterocycles. The minimum Gasteiger partial charge on any atom is -0.493 e. The first-order valence-electron chi connectivity index (χ1n) is 6.04. The molecule has 0 aliphatic carbocycles. The van der Waals surface area contributed by atoms with Gasteiger partial charge in [0.1, 0.15) is 11.6 Å². The van der Waals surface area contributed by atoms with Crippen molar-refractivity contribution in [1.29, 1.82) is 0 Å². The number of alkyl halides is 1. The topological polar surface area (TPSA) is 9.23 Å². The van der Waals surface area contributed by atoms with Gasteiger partial charge in [0, 0.05) is 10.0 Å². The molecule has 0 amide bonds. The minimum absolute atomic E-state index is 0.321. The molecule has 0 spiro atoms. The maximum absolute atomic E-state index is 13.9. The average molecular weight is 423 g/mol. The highest BCUT2D eigenvalue weighted by molar-refractivity contribution is 9.10. The molecule has 5 heteroatoms. The molecule has 0 heterocycles. The van der Waals surface area contributed by atoms with E-state index in [-0.39, 0.29) is 5.82 Å². The molecule has 0 aromatic heterocycles. The second kappa shape index (κ2) is 6.92. The summed E-state index contributed by atoms with van der Waals surface area (Å²) in [5.74, 6) is 0.424. The van der Waals surface area contributed by atoms with E-state index < -0.39 is 5.38 Å². The molecule has 1 nitrogen and oxygen atoms in total. The van der Waals surface area contributed by atoms with Crippen LogP contribution in [0.5, 0.6) is 5.75 Å². The Hall–Kier alpha value is -0.580. The zero-order valence-corrected chi connectivity index (χ0v) is 14.6. The third kappa shape index (κ3) is 3.54. The van der Waals surface area contributed by atoms with Crippen LogP contribution >= 0.6 is 43.5 Å². The largest absolute Gasteiger partial charge is 0.493 e. The average Bonchev–Trinajstić information content (AvgIpc) is 2.43. The molecule has 1 unspecified atom stereocenters. The number of halogens is 4. The molecule has 20 heavy (non-hydrogen) atoms. The van der Waals surface area contributed by atoms with Gasteiger partial charge in [-0.05, 0) is 58.7 Å². The Bertz CT molecular complexity index is 619. The fourth-order valence-corrected chi connectivity index (χ4v) is 3.03. The van der Waals surface area contributed by atoms with Crippen LogP contribution in [-0.2, 0) is 0 Å². The standard InChI is InChI=1S/C15H12Br2ClFO/c1-2-20-14-6-3-9(7-12(14)17)15(18)11-8-10(16)4-5-13(11)19/h3-8,15H,2H2,1H3. The number of rotatable bonds is 4. The molecule has 0 N–H and O–H groups in total. The first kappa shape index (κ1) is 15.8. The molecule has 0 aliphatic heterocycles. The lowest BCUT2D eigenvalue weighted by atomic mass is 10.0. The van der Waals surface area contributed by atoms with Crippen LogP contribution in [0.1, 0.15) is 23.4 Å². The van der Waals surface area contributed by atoms with E-state index in [0.717, 1.165) is 20.3 Å². The van der Waals surface area contributed by atoms with Gasteiger partial charge in [-0.15, -0.1) is 11.6 Å². The van der Waals surface area contributed by atoms with Crippen LogP contribution in [-0.4, -0.2) is 6.61 Å². The van der Waals surface area contributed by atoms with Gasteiger partial charge in [0.25, 0.3) is 0 Å². The molecule has 0 fully saturated rings. The zero-order chi connectivity index (χ0) is 14.7. The normalized spacial score (nSPS) is 12.2. The van der Waals surface area contributed by atoms with E-state index in [0.29, 0.717) is 12.2 Å². The Kier molecular flexibility index (Phi) is 5.47. The van der Waals surface area contributed by atoms with Gasteiger partial charge < -0.3 is 4.74 Å². The Balaban J connectivity index is 2.35. The van der Waals surface area contributed by atoms with E-state index in [9.17, 15) is 4.39 Å². The molecule has 0 radical (unpaired) electrons. The Morgan fingerprint density at radius 2 is 1.95 bits per heavy atom. The summed E-state index contributed by atoms with van der Waals surface area (Å²) in [6.07, 6.45) is 0. The number of hydrogen-bond donors (Lipinski definition) is 0. The second-order valence-electron chi connectivity index (χ2n) is 4.15. The van der Waals surface area contributed by atoms with Crippen molar-refractivity contribution in [3.8, 4) is 5.75 Å². The Labute approximate surface area is 139 Å². The maximum atomic E-state index is 13.9. The summed E-state index contributed by atoms with van der Waals surface area (Å²) in [5, 5.41) is -0.556. The van der Waals surface area contributed by atoms with Gasteiger partial charge in [-0.2, -0.15) is 0 Å². The van der Waals surface area contributed by atoms with E-state index in [2.05, 4.69) is 31.9 Å². The number of hydrogen-bond acceptors (Lipinski definition) is 1. The van der Waals surface area contributed by atoms with Crippen LogP contribution < -0.4 is 4.74 Å². The molecule has 106 valence electrons. The molecule has 0 bridgehead atoms. The summed E-state index contributed by atoms with van der Waals surface area (Å²) < 4.78 is 20.9. The van der Waals surface area contributed by atoms with Gasteiger partial charge in [0.05, 0.1) is 16.5 Å². The van der Waals surface area contributed by atoms with E-state index >= 15 is 0 Å². The van der Waals surface area contributed by atoms with Crippen molar-refractivity contribution in [3.05, 3.63) is 62.3 Å². The SMILES string of the molecule is CCOc1ccc(C(Cl)c2cc(Br)ccc2F)cc1Br. The first-order chi connectivity index (χ1) is 9.52. The van der Waals surface area contributed by atoms with E-state index in [1.807, 2.05) is 25.1 Å². The van der Waals surface area contributed by atoms with E-state index in [1.54, 1.807) is 12.1 Å². The summed E-state index contributed by atoms with van der Waals surface area (Å²) in [7, 11) is 0. The lowest BCUT2D eigenvalue weighted by Crippen LogP contribution is -1.99. The molecule has 2 aromatic rings. The lowest BCUT2D eigenvalue weighted by molar-refractivity contribution is 0.338. The van der Waals surface area contributed by atoms with Crippen molar-refractivity contribution in [1.82, 2.24) is 0 Å². The van der Waals surface area contributed by atoms with Crippen LogP contribution in [0.2, 0.25) is 0 Å². The summed E-state index contributed by atoms with van der Waals surface area (Å²) in [4.78, 5) is 0. The highest BCUT2D eigenvalue weighted by atomic mass is 79.9. The van der Waals surface area contributed by atoms with Crippen molar-refractivity contribution >= 4 is 43.5 Å². The quantitative estimate of drug-likeness (QED) is 0.543. The zero-order valence-electron chi connectivity index (χ0n) is 10.7. The summed E-state index contributed by atoms with van der Waals surface area (Å²) in [6.45, 7) is 2.50. The molecular formula is C15H12Br2ClFO. The lowest BCUT2D eigenvalue weighted by Gasteiger charge is -2.14. The Morgan fingerprint density at radius 1 is 1.20 bits per heavy atom. The van der Waals surface area contributed by atoms with Crippen LogP contribution in [0.15, 0.2) is 45.3 Å². The van der Waals surface area contributed by atoms with Crippen LogP contribution in [0.3, 0.4) is 0 Å². The third-order valence-electron chi connectivity index (χ3n) is 2.78. The smallest absolute Gasteiger partial charge is 0.133 e. The Morgan fingerprint density at radius 3 is 2.60 bits per heavy atom. The van der Waals surface area contributed by atoms with Crippen LogP contribution in [0.4, 0.5) is 4.39 Å². The summed E-state index contributed by atoms with van der Waals surface area (Å²) >= 11 is 13.2. The predicted octanol–water partition coefficient (Wildman–Crippen LogP) is 6.08. The minimum atomic E-state index is -0.556. The van der Waals surface area contributed by atoms with Crippen molar-refractivity contribution < 1.29 is 9.13 Å². The van der Waals surface area contributed by atoms with Gasteiger partial charge in [0.2, 0.25) is 0 Å². The molecule has 2 rings (SSSR count). The monoisotopic (exact) mass is 420 g/mol. The maximum Gasteiger partial charge on any atom is 0.133 e. The fourth-order valence-electron chi connectivity index (χ4n) is 1.84. The van der Waals surface area contributed by atoms with Crippen molar-refractivity contribution in [3.63, 3.8) is 0 Å². The summed E-state index contributed by atoms with van der Waals surface area (Å²) in [6, 6.07) is 10.3. The predicted molar refractivity (Wildman–Crippen MR) is 87.1 cm³/mol. The van der Waals surface area contributed by atoms with Gasteiger partial charge in [-0.25, -0.2) is 4.39 Å². The van der Waals surface area contributed by atoms with Crippen molar-refractivity contribution in [2.45, 2.75) is 12.3 Å². The van der Waals surface area contributed by atoms with Crippen LogP contribution in [0, 0.1) is 5.82 Å². The van der Waals surface area contributed by atoms with Crippen molar-refractivity contribution in [2.24, 2.45) is 0 Å². The van der Waals surface area contributed by atoms with Gasteiger partial charge in [-0.1, -0.05) is 22.0 Å². The number of ether oxygens (including phenoxy) is 1. The first-order valence-corrected chi connectivity index (χ1v) is 8.06. The summed E-state index contributed by atoms with van der Waals surface area (Å²) in [5.41, 5.74) is 1.25. The van der Waals surface area contributed by atoms with E-state index in [4.69, 9.17) is 16.3 Å². The third-order valence-corrected chi connectivity index (χ3v) is 4.38. The second-order valence-corrected chi connectivity index (χ2v) is 6.36. The fraction of sp³-hybridized carbons (Fsp3) is 0.200. The molecule has 0 aliphatic rings. The van der Waals surface area contributed by atoms with Gasteiger partial charge >= 0.3 is 0 Å². The van der Waals surface area contributed by atoms with Gasteiger partial charge in [0.15, 0.2) is 0 Å². The highest BCUT2D eigenvalue weighted by Gasteiger charge is 2.17. The molecular weight excluding hydrogens is 410 g/mol. The van der Waals surface area contributed by atoms with E-state index in [1.165, 1.54) is 6.07 Å². The van der Waals surface area contributed by atoms with Gasteiger partial charge in [-0.3, -0.25) is 0 Å². The van der Waals surface area contributed by atoms with Crippen LogP contribution in [0.25, 0.3) is 0 Å². The molecule has 2 aromatic carbocycles. The van der Waals surface area contributed by atoms with Crippen molar-refractivity contribution in [2.75, 3.05) is 6.61 Å².